The molecule has 2 aliphatic heterocycles. The summed E-state index contributed by atoms with van der Waals surface area (Å²) in [5.41, 5.74) is 2.19. The fraction of sp³-hybridized carbons (Fsp3) is 0.381. The molecule has 26 heavy (non-hydrogen) atoms. The van der Waals surface area contributed by atoms with E-state index in [1.54, 1.807) is 0 Å². The van der Waals surface area contributed by atoms with Gasteiger partial charge in [0.2, 0.25) is 0 Å². The third kappa shape index (κ3) is 4.02. The Kier molecular flexibility index (Phi) is 5.84. The minimum atomic E-state index is 0. The van der Waals surface area contributed by atoms with Crippen LogP contribution in [0.3, 0.4) is 0 Å². The average Bonchev–Trinajstić information content (AvgIpc) is 3.31. The number of hydrogen-bond donors (Lipinski definition) is 1. The summed E-state index contributed by atoms with van der Waals surface area (Å²) in [5, 5.41) is 3.43. The van der Waals surface area contributed by atoms with Crippen LogP contribution in [0.2, 0.25) is 0 Å². The second-order valence-electron chi connectivity index (χ2n) is 7.20. The fourth-order valence-corrected chi connectivity index (χ4v) is 3.87. The number of amides is 1. The highest BCUT2D eigenvalue weighted by molar-refractivity contribution is 5.94. The zero-order valence-electron chi connectivity index (χ0n) is 14.8. The first-order valence-corrected chi connectivity index (χ1v) is 9.01. The first-order valence-electron chi connectivity index (χ1n) is 9.01. The molecule has 5 heteroatoms. The Labute approximate surface area is 160 Å². The Hall–Kier alpha value is -2.04. The average molecular weight is 373 g/mol. The number of benzene rings is 2. The molecule has 4 nitrogen and oxygen atoms in total. The number of carbonyl (C=O) groups excluding carboxylic acids is 1. The van der Waals surface area contributed by atoms with E-state index in [1.807, 2.05) is 59.5 Å². The molecule has 2 aromatic carbocycles. The lowest BCUT2D eigenvalue weighted by atomic mass is 9.86. The van der Waals surface area contributed by atoms with Crippen molar-refractivity contribution in [3.8, 4) is 5.75 Å². The highest BCUT2D eigenvalue weighted by atomic mass is 35.5. The molecule has 0 radical (unpaired) electrons. The minimum Gasteiger partial charge on any atom is -0.489 e. The molecule has 0 aliphatic carbocycles. The summed E-state index contributed by atoms with van der Waals surface area (Å²) >= 11 is 0. The van der Waals surface area contributed by atoms with E-state index in [0.29, 0.717) is 12.0 Å². The number of hydrogen-bond acceptors (Lipinski definition) is 3. The molecule has 1 atom stereocenters. The van der Waals surface area contributed by atoms with Gasteiger partial charge in [-0.15, -0.1) is 12.4 Å². The number of nitrogens with zero attached hydrogens (tertiary/aromatic N) is 1. The number of carbonyl (C=O) groups is 1. The normalized spacial score (nSPS) is 21.6. The molecule has 1 spiro atoms. The van der Waals surface area contributed by atoms with Crippen LogP contribution in [0.4, 0.5) is 0 Å². The van der Waals surface area contributed by atoms with Crippen LogP contribution in [0.15, 0.2) is 54.6 Å². The van der Waals surface area contributed by atoms with Gasteiger partial charge in [0.1, 0.15) is 12.4 Å². The van der Waals surface area contributed by atoms with Crippen molar-refractivity contribution in [1.82, 2.24) is 10.2 Å². The summed E-state index contributed by atoms with van der Waals surface area (Å²) < 4.78 is 5.80. The number of likely N-dealkylation sites (tertiary alicyclic amines) is 1. The van der Waals surface area contributed by atoms with E-state index < -0.39 is 0 Å². The third-order valence-electron chi connectivity index (χ3n) is 5.41. The Balaban J connectivity index is 0.00000196. The SMILES string of the molecule is Cl.O=C(c1ccc(OCc2ccccc2)cc1)N1CCC2(CCNC2)C1. The van der Waals surface area contributed by atoms with Crippen LogP contribution in [0, 0.1) is 5.41 Å². The molecular formula is C21H25ClN2O2. The molecule has 2 aromatic rings. The molecule has 2 heterocycles. The molecule has 138 valence electrons. The molecule has 1 unspecified atom stereocenters. The minimum absolute atomic E-state index is 0. The number of rotatable bonds is 4. The molecule has 1 amide bonds. The Morgan fingerprint density at radius 2 is 1.85 bits per heavy atom. The lowest BCUT2D eigenvalue weighted by Crippen LogP contribution is -2.33. The lowest BCUT2D eigenvalue weighted by molar-refractivity contribution is 0.0775. The van der Waals surface area contributed by atoms with Gasteiger partial charge in [0.05, 0.1) is 0 Å². The highest BCUT2D eigenvalue weighted by Gasteiger charge is 2.41. The maximum atomic E-state index is 12.7. The van der Waals surface area contributed by atoms with Crippen LogP contribution in [0.25, 0.3) is 0 Å². The van der Waals surface area contributed by atoms with Gasteiger partial charge in [-0.2, -0.15) is 0 Å². The van der Waals surface area contributed by atoms with Crippen molar-refractivity contribution in [3.63, 3.8) is 0 Å². The van der Waals surface area contributed by atoms with Crippen molar-refractivity contribution in [3.05, 3.63) is 65.7 Å². The van der Waals surface area contributed by atoms with Gasteiger partial charge in [-0.1, -0.05) is 30.3 Å². The van der Waals surface area contributed by atoms with Crippen molar-refractivity contribution in [2.45, 2.75) is 19.4 Å². The highest BCUT2D eigenvalue weighted by Crippen LogP contribution is 2.36. The molecule has 0 bridgehead atoms. The van der Waals surface area contributed by atoms with E-state index in [1.165, 1.54) is 6.42 Å². The molecule has 2 saturated heterocycles. The van der Waals surface area contributed by atoms with E-state index in [2.05, 4.69) is 5.32 Å². The molecule has 0 saturated carbocycles. The van der Waals surface area contributed by atoms with E-state index in [-0.39, 0.29) is 18.3 Å². The van der Waals surface area contributed by atoms with Crippen molar-refractivity contribution in [1.29, 1.82) is 0 Å². The van der Waals surface area contributed by atoms with Gasteiger partial charge in [0, 0.05) is 30.6 Å². The second kappa shape index (κ2) is 8.11. The van der Waals surface area contributed by atoms with Crippen LogP contribution >= 0.6 is 12.4 Å². The zero-order chi connectivity index (χ0) is 17.1. The summed E-state index contributed by atoms with van der Waals surface area (Å²) in [5.74, 6) is 0.927. The predicted octanol–water partition coefficient (Wildman–Crippen LogP) is 3.51. The van der Waals surface area contributed by atoms with Gasteiger partial charge in [-0.25, -0.2) is 0 Å². The molecule has 2 fully saturated rings. The van der Waals surface area contributed by atoms with Gasteiger partial charge in [0.15, 0.2) is 0 Å². The van der Waals surface area contributed by atoms with E-state index in [4.69, 9.17) is 4.74 Å². The molecule has 4 rings (SSSR count). The first-order chi connectivity index (χ1) is 12.2. The maximum absolute atomic E-state index is 12.7. The van der Waals surface area contributed by atoms with Crippen molar-refractivity contribution in [2.75, 3.05) is 26.2 Å². The monoisotopic (exact) mass is 372 g/mol. The predicted molar refractivity (Wildman–Crippen MR) is 105 cm³/mol. The van der Waals surface area contributed by atoms with Gasteiger partial charge in [0.25, 0.3) is 5.91 Å². The largest absolute Gasteiger partial charge is 0.489 e. The molecule has 1 N–H and O–H groups in total. The quantitative estimate of drug-likeness (QED) is 0.892. The van der Waals surface area contributed by atoms with Crippen molar-refractivity contribution in [2.24, 2.45) is 5.41 Å². The van der Waals surface area contributed by atoms with Crippen LogP contribution in [-0.2, 0) is 6.61 Å². The molecule has 0 aromatic heterocycles. The Bertz CT molecular complexity index is 727. The van der Waals surface area contributed by atoms with Gasteiger partial charge < -0.3 is 15.0 Å². The number of ether oxygens (including phenoxy) is 1. The summed E-state index contributed by atoms with van der Waals surface area (Å²) in [7, 11) is 0. The second-order valence-corrected chi connectivity index (χ2v) is 7.20. The third-order valence-corrected chi connectivity index (χ3v) is 5.41. The van der Waals surface area contributed by atoms with Gasteiger partial charge in [-0.05, 0) is 49.2 Å². The van der Waals surface area contributed by atoms with Crippen molar-refractivity contribution >= 4 is 18.3 Å². The number of halogens is 1. The Morgan fingerprint density at radius 3 is 2.54 bits per heavy atom. The van der Waals surface area contributed by atoms with Crippen LogP contribution in [-0.4, -0.2) is 37.0 Å². The smallest absolute Gasteiger partial charge is 0.253 e. The van der Waals surface area contributed by atoms with Crippen LogP contribution in [0.5, 0.6) is 5.75 Å². The van der Waals surface area contributed by atoms with Crippen LogP contribution in [0.1, 0.15) is 28.8 Å². The number of nitrogens with one attached hydrogen (secondary N) is 1. The van der Waals surface area contributed by atoms with E-state index in [0.717, 1.165) is 49.5 Å². The zero-order valence-corrected chi connectivity index (χ0v) is 15.6. The van der Waals surface area contributed by atoms with Gasteiger partial charge in [-0.3, -0.25) is 4.79 Å². The van der Waals surface area contributed by atoms with Gasteiger partial charge >= 0.3 is 0 Å². The van der Waals surface area contributed by atoms with E-state index in [9.17, 15) is 4.79 Å². The van der Waals surface area contributed by atoms with E-state index >= 15 is 0 Å². The topological polar surface area (TPSA) is 41.6 Å². The Morgan fingerprint density at radius 1 is 1.08 bits per heavy atom. The summed E-state index contributed by atoms with van der Waals surface area (Å²) in [6, 6.07) is 17.6. The summed E-state index contributed by atoms with van der Waals surface area (Å²) in [6.07, 6.45) is 2.30. The summed E-state index contributed by atoms with van der Waals surface area (Å²) in [4.78, 5) is 14.7. The molecule has 2 aliphatic rings. The van der Waals surface area contributed by atoms with Crippen LogP contribution < -0.4 is 10.1 Å². The standard InChI is InChI=1S/C21H24N2O2.ClH/c24-20(23-13-11-21(16-23)10-12-22-15-21)18-6-8-19(9-7-18)25-14-17-4-2-1-3-5-17;/h1-9,22H,10-16H2;1H. The first kappa shape index (κ1) is 18.7. The summed E-state index contributed by atoms with van der Waals surface area (Å²) in [6.45, 7) is 4.41. The fourth-order valence-electron chi connectivity index (χ4n) is 3.87. The molecular weight excluding hydrogens is 348 g/mol. The maximum Gasteiger partial charge on any atom is 0.253 e. The van der Waals surface area contributed by atoms with Crippen molar-refractivity contribution < 1.29 is 9.53 Å². The lowest BCUT2D eigenvalue weighted by Gasteiger charge is -2.22.